The van der Waals surface area contributed by atoms with E-state index in [9.17, 15) is 4.79 Å². The van der Waals surface area contributed by atoms with Crippen molar-refractivity contribution in [3.8, 4) is 0 Å². The van der Waals surface area contributed by atoms with Crippen LogP contribution in [0.4, 0.5) is 0 Å². The summed E-state index contributed by atoms with van der Waals surface area (Å²) in [5.41, 5.74) is 1.74. The van der Waals surface area contributed by atoms with Crippen LogP contribution in [0.25, 0.3) is 10.3 Å². The van der Waals surface area contributed by atoms with E-state index >= 15 is 0 Å². The molecule has 0 aliphatic heterocycles. The molecule has 2 aromatic rings. The van der Waals surface area contributed by atoms with E-state index in [-0.39, 0.29) is 4.94 Å². The van der Waals surface area contributed by atoms with E-state index in [1.54, 1.807) is 0 Å². The van der Waals surface area contributed by atoms with E-state index in [4.69, 9.17) is 4.42 Å². The van der Waals surface area contributed by atoms with Crippen LogP contribution in [-0.2, 0) is 0 Å². The molecule has 0 atom stereocenters. The predicted molar refractivity (Wildman–Crippen MR) is 45.1 cm³/mol. The Morgan fingerprint density at radius 1 is 1.45 bits per heavy atom. The first-order chi connectivity index (χ1) is 5.27. The van der Waals surface area contributed by atoms with Crippen molar-refractivity contribution >= 4 is 21.6 Å². The molecule has 0 saturated heterocycles. The lowest BCUT2D eigenvalue weighted by molar-refractivity contribution is 0.583. The molecule has 56 valence electrons. The van der Waals surface area contributed by atoms with Gasteiger partial charge in [0.15, 0.2) is 5.58 Å². The minimum absolute atomic E-state index is 0.227. The highest BCUT2D eigenvalue weighted by Gasteiger charge is 2.02. The first-order valence-electron chi connectivity index (χ1n) is 3.26. The number of fused-ring (bicyclic) bond motifs is 1. The largest absolute Gasteiger partial charge is 0.414 e. The van der Waals surface area contributed by atoms with Crippen LogP contribution >= 0.6 is 11.3 Å². The Balaban J connectivity index is 3.01. The molecule has 0 radical (unpaired) electrons. The number of rotatable bonds is 0. The molecule has 2 nitrogen and oxygen atoms in total. The summed E-state index contributed by atoms with van der Waals surface area (Å²) in [7, 11) is 0. The zero-order chi connectivity index (χ0) is 7.84. The smallest absolute Gasteiger partial charge is 0.396 e. The fourth-order valence-corrected chi connectivity index (χ4v) is 1.78. The second-order valence-electron chi connectivity index (χ2n) is 2.36. The van der Waals surface area contributed by atoms with Gasteiger partial charge in [-0.25, -0.2) is 4.79 Å². The third kappa shape index (κ3) is 0.973. The summed E-state index contributed by atoms with van der Waals surface area (Å²) in [4.78, 5) is 10.6. The molecule has 3 heteroatoms. The van der Waals surface area contributed by atoms with Crippen molar-refractivity contribution in [2.24, 2.45) is 0 Å². The maximum absolute atomic E-state index is 10.8. The van der Waals surface area contributed by atoms with Gasteiger partial charge in [-0.2, -0.15) is 0 Å². The maximum atomic E-state index is 10.8. The molecule has 1 aromatic carbocycles. The number of aryl methyl sites for hydroxylation is 1. The number of para-hydroxylation sites is 1. The minimum Gasteiger partial charge on any atom is -0.414 e. The van der Waals surface area contributed by atoms with Crippen LogP contribution in [0, 0.1) is 6.92 Å². The zero-order valence-corrected chi connectivity index (χ0v) is 6.77. The molecular formula is C8H6O2S. The molecule has 0 bridgehead atoms. The van der Waals surface area contributed by atoms with Crippen molar-refractivity contribution < 1.29 is 4.42 Å². The van der Waals surface area contributed by atoms with Gasteiger partial charge in [-0.05, 0) is 18.6 Å². The molecular weight excluding hydrogens is 160 g/mol. The van der Waals surface area contributed by atoms with E-state index in [2.05, 4.69) is 0 Å². The van der Waals surface area contributed by atoms with E-state index < -0.39 is 0 Å². The van der Waals surface area contributed by atoms with Crippen molar-refractivity contribution in [2.45, 2.75) is 6.92 Å². The van der Waals surface area contributed by atoms with Crippen molar-refractivity contribution in [1.82, 2.24) is 0 Å². The quantitative estimate of drug-likeness (QED) is 0.600. The van der Waals surface area contributed by atoms with Gasteiger partial charge >= 0.3 is 4.94 Å². The van der Waals surface area contributed by atoms with Gasteiger partial charge in [0, 0.05) is 0 Å². The van der Waals surface area contributed by atoms with E-state index in [1.165, 1.54) is 0 Å². The molecule has 1 heterocycles. The maximum Gasteiger partial charge on any atom is 0.396 e. The summed E-state index contributed by atoms with van der Waals surface area (Å²) in [6.45, 7) is 1.93. The average Bonchev–Trinajstić information content (AvgIpc) is 2.31. The van der Waals surface area contributed by atoms with Crippen molar-refractivity contribution in [3.05, 3.63) is 33.5 Å². The van der Waals surface area contributed by atoms with E-state index in [0.717, 1.165) is 27.2 Å². The Kier molecular flexibility index (Phi) is 1.32. The molecule has 0 unspecified atom stereocenters. The lowest BCUT2D eigenvalue weighted by atomic mass is 10.2. The van der Waals surface area contributed by atoms with Crippen molar-refractivity contribution in [2.75, 3.05) is 0 Å². The molecule has 0 spiro atoms. The molecule has 0 N–H and O–H groups in total. The van der Waals surface area contributed by atoms with Gasteiger partial charge in [-0.3, -0.25) is 0 Å². The standard InChI is InChI=1S/C8H6O2S/c1-5-3-2-4-6-7(5)10-8(9)11-6/h2-4H,1H3. The molecule has 0 aliphatic carbocycles. The van der Waals surface area contributed by atoms with E-state index in [0.29, 0.717) is 0 Å². The van der Waals surface area contributed by atoms with Crippen LogP contribution in [0.2, 0.25) is 0 Å². The summed E-state index contributed by atoms with van der Waals surface area (Å²) in [5.74, 6) is 0. The Bertz CT molecular complexity index is 439. The van der Waals surface area contributed by atoms with Gasteiger partial charge in [0.05, 0.1) is 4.70 Å². The lowest BCUT2D eigenvalue weighted by Gasteiger charge is -1.89. The van der Waals surface area contributed by atoms with Crippen molar-refractivity contribution in [3.63, 3.8) is 0 Å². The van der Waals surface area contributed by atoms with E-state index in [1.807, 2.05) is 25.1 Å². The SMILES string of the molecule is Cc1cccc2sc(=O)oc12. The second-order valence-corrected chi connectivity index (χ2v) is 3.33. The molecule has 1 aromatic heterocycles. The first-order valence-corrected chi connectivity index (χ1v) is 4.08. The Labute approximate surface area is 67.1 Å². The van der Waals surface area contributed by atoms with Gasteiger partial charge in [0.25, 0.3) is 0 Å². The van der Waals surface area contributed by atoms with Crippen LogP contribution in [0.3, 0.4) is 0 Å². The number of hydrogen-bond acceptors (Lipinski definition) is 3. The van der Waals surface area contributed by atoms with Gasteiger partial charge in [0.2, 0.25) is 0 Å². The number of hydrogen-bond donors (Lipinski definition) is 0. The van der Waals surface area contributed by atoms with Crippen LogP contribution in [0.1, 0.15) is 5.56 Å². The summed E-state index contributed by atoms with van der Waals surface area (Å²) < 4.78 is 5.89. The van der Waals surface area contributed by atoms with Gasteiger partial charge in [0.1, 0.15) is 0 Å². The van der Waals surface area contributed by atoms with Crippen LogP contribution < -0.4 is 4.94 Å². The topological polar surface area (TPSA) is 30.2 Å². The lowest BCUT2D eigenvalue weighted by Crippen LogP contribution is -1.80. The number of benzene rings is 1. The molecule has 0 amide bonds. The monoisotopic (exact) mass is 166 g/mol. The predicted octanol–water partition coefficient (Wildman–Crippen LogP) is 2.16. The second kappa shape index (κ2) is 2.20. The fourth-order valence-electron chi connectivity index (χ4n) is 1.03. The van der Waals surface area contributed by atoms with Crippen molar-refractivity contribution in [1.29, 1.82) is 0 Å². The normalized spacial score (nSPS) is 10.6. The molecule has 11 heavy (non-hydrogen) atoms. The Hall–Kier alpha value is -1.09. The Morgan fingerprint density at radius 2 is 2.27 bits per heavy atom. The highest BCUT2D eigenvalue weighted by atomic mass is 32.1. The minimum atomic E-state index is -0.227. The molecule has 0 aliphatic rings. The third-order valence-electron chi connectivity index (χ3n) is 1.55. The van der Waals surface area contributed by atoms with Crippen LogP contribution in [-0.4, -0.2) is 0 Å². The summed E-state index contributed by atoms with van der Waals surface area (Å²) in [6.07, 6.45) is 0. The third-order valence-corrected chi connectivity index (χ3v) is 2.35. The van der Waals surface area contributed by atoms with Gasteiger partial charge < -0.3 is 4.42 Å². The van der Waals surface area contributed by atoms with Crippen LogP contribution in [0.5, 0.6) is 0 Å². The summed E-state index contributed by atoms with van der Waals surface area (Å²) in [5, 5.41) is 0. The molecule has 0 fully saturated rings. The molecule has 0 saturated carbocycles. The average molecular weight is 166 g/mol. The summed E-state index contributed by atoms with van der Waals surface area (Å²) >= 11 is 1.14. The zero-order valence-electron chi connectivity index (χ0n) is 5.96. The van der Waals surface area contributed by atoms with Gasteiger partial charge in [-0.1, -0.05) is 23.5 Å². The first kappa shape index (κ1) is 6.61. The highest BCUT2D eigenvalue weighted by molar-refractivity contribution is 7.16. The van der Waals surface area contributed by atoms with Gasteiger partial charge in [-0.15, -0.1) is 0 Å². The Morgan fingerprint density at radius 3 is 3.00 bits per heavy atom. The molecule has 2 rings (SSSR count). The van der Waals surface area contributed by atoms with Crippen LogP contribution in [0.15, 0.2) is 27.4 Å². The fraction of sp³-hybridized carbons (Fsp3) is 0.125. The summed E-state index contributed by atoms with van der Waals surface area (Å²) in [6, 6.07) is 5.74. The highest BCUT2D eigenvalue weighted by Crippen LogP contribution is 2.19.